The number of nitrogens with zero attached hydrogens (tertiary/aromatic N) is 3. The average molecular weight is 808 g/mol. The van der Waals surface area contributed by atoms with Crippen LogP contribution in [-0.4, -0.2) is 9.13 Å². The Morgan fingerprint density at radius 2 is 0.919 bits per heavy atom. The predicted molar refractivity (Wildman–Crippen MR) is 266 cm³/mol. The van der Waals surface area contributed by atoms with Crippen LogP contribution in [0.25, 0.3) is 97.1 Å². The van der Waals surface area contributed by atoms with Crippen LogP contribution >= 0.6 is 11.3 Å². The number of hydrogen-bond acceptors (Lipinski definition) is 2. The number of benzene rings is 10. The zero-order valence-electron chi connectivity index (χ0n) is 33.6. The topological polar surface area (TPSA) is 13.1 Å². The van der Waals surface area contributed by atoms with E-state index < -0.39 is 0 Å². The van der Waals surface area contributed by atoms with Crippen molar-refractivity contribution in [3.05, 3.63) is 224 Å². The molecule has 62 heavy (non-hydrogen) atoms. The van der Waals surface area contributed by atoms with Gasteiger partial charge >= 0.3 is 0 Å². The van der Waals surface area contributed by atoms with Crippen LogP contribution in [-0.2, 0) is 0 Å². The Labute approximate surface area is 362 Å². The molecule has 0 radical (unpaired) electrons. The van der Waals surface area contributed by atoms with Crippen LogP contribution < -0.4 is 4.90 Å². The van der Waals surface area contributed by atoms with Crippen LogP contribution in [0.4, 0.5) is 17.1 Å². The normalized spacial score (nSPS) is 11.9. The van der Waals surface area contributed by atoms with Crippen molar-refractivity contribution >= 4 is 103 Å². The summed E-state index contributed by atoms with van der Waals surface area (Å²) in [7, 11) is 0. The van der Waals surface area contributed by atoms with E-state index in [1.807, 2.05) is 11.3 Å². The SMILES string of the molecule is c1ccc(-n2c3ccccc3c3ccc(-c4cccc5c4c4ccccc4n5-c4ccc(N(c5ccc6ccccc6c5)c5ccc6sc7ccccc7c6c5)cc4)cc32)cc1. The highest BCUT2D eigenvalue weighted by atomic mass is 32.1. The molecule has 0 aliphatic carbocycles. The smallest absolute Gasteiger partial charge is 0.0547 e. The van der Waals surface area contributed by atoms with Crippen LogP contribution in [0.15, 0.2) is 224 Å². The van der Waals surface area contributed by atoms with E-state index in [-0.39, 0.29) is 0 Å². The summed E-state index contributed by atoms with van der Waals surface area (Å²) in [6.45, 7) is 0. The lowest BCUT2D eigenvalue weighted by atomic mass is 9.98. The van der Waals surface area contributed by atoms with Crippen molar-refractivity contribution in [2.24, 2.45) is 0 Å². The summed E-state index contributed by atoms with van der Waals surface area (Å²) in [5.41, 5.74) is 12.8. The van der Waals surface area contributed by atoms with Crippen LogP contribution in [0.3, 0.4) is 0 Å². The molecule has 3 nitrogen and oxygen atoms in total. The standard InChI is InChI=1S/C58H37N3S/c1-2-15-41(16-3-1)61-52-21-9-6-17-47(52)48-33-26-40(36-55(48)61)46-20-12-23-54-58(46)50-19-7-10-22-53(50)60(54)43-30-28-42(29-31-43)59(44-27-25-38-13-4-5-14-39(38)35-44)45-32-34-57-51(37-45)49-18-8-11-24-56(49)62-57/h1-37H. The first-order valence-electron chi connectivity index (χ1n) is 21.2. The number of fused-ring (bicyclic) bond motifs is 10. The first-order valence-corrected chi connectivity index (χ1v) is 22.0. The Morgan fingerprint density at radius 1 is 0.323 bits per heavy atom. The lowest BCUT2D eigenvalue weighted by molar-refractivity contribution is 1.17. The van der Waals surface area contributed by atoms with Gasteiger partial charge in [-0.05, 0) is 119 Å². The third-order valence-corrected chi connectivity index (χ3v) is 13.8. The predicted octanol–water partition coefficient (Wildman–Crippen LogP) is 16.5. The minimum Gasteiger partial charge on any atom is -0.310 e. The van der Waals surface area contributed by atoms with Gasteiger partial charge in [-0.1, -0.05) is 127 Å². The van der Waals surface area contributed by atoms with Gasteiger partial charge in [0, 0.05) is 70.2 Å². The van der Waals surface area contributed by atoms with E-state index in [4.69, 9.17) is 0 Å². The van der Waals surface area contributed by atoms with Crippen molar-refractivity contribution in [1.29, 1.82) is 0 Å². The molecule has 0 bridgehead atoms. The number of thiophene rings is 1. The second-order valence-corrected chi connectivity index (χ2v) is 17.2. The van der Waals surface area contributed by atoms with Crippen molar-refractivity contribution in [2.75, 3.05) is 4.90 Å². The molecule has 0 amide bonds. The van der Waals surface area contributed by atoms with Crippen molar-refractivity contribution in [3.63, 3.8) is 0 Å². The van der Waals surface area contributed by atoms with Gasteiger partial charge in [-0.2, -0.15) is 0 Å². The molecule has 0 unspecified atom stereocenters. The molecule has 0 spiro atoms. The van der Waals surface area contributed by atoms with E-state index in [1.54, 1.807) is 0 Å². The molecule has 0 aliphatic heterocycles. The summed E-state index contributed by atoms with van der Waals surface area (Å²) in [6.07, 6.45) is 0. The van der Waals surface area contributed by atoms with Gasteiger partial charge in [0.2, 0.25) is 0 Å². The Morgan fingerprint density at radius 3 is 1.77 bits per heavy atom. The summed E-state index contributed by atoms with van der Waals surface area (Å²) in [6, 6.07) is 82.3. The molecule has 10 aromatic carbocycles. The maximum atomic E-state index is 2.43. The molecule has 0 N–H and O–H groups in total. The molecule has 13 rings (SSSR count). The zero-order valence-corrected chi connectivity index (χ0v) is 34.4. The van der Waals surface area contributed by atoms with E-state index in [1.165, 1.54) is 85.7 Å². The van der Waals surface area contributed by atoms with E-state index in [0.29, 0.717) is 0 Å². The lowest BCUT2D eigenvalue weighted by Gasteiger charge is -2.26. The van der Waals surface area contributed by atoms with Crippen molar-refractivity contribution in [3.8, 4) is 22.5 Å². The molecule has 3 heterocycles. The van der Waals surface area contributed by atoms with Gasteiger partial charge in [-0.15, -0.1) is 11.3 Å². The Kier molecular flexibility index (Phi) is 7.78. The minimum absolute atomic E-state index is 1.10. The van der Waals surface area contributed by atoms with E-state index >= 15 is 0 Å². The van der Waals surface area contributed by atoms with Crippen LogP contribution in [0.5, 0.6) is 0 Å². The lowest BCUT2D eigenvalue weighted by Crippen LogP contribution is -2.10. The first kappa shape index (κ1) is 34.9. The third kappa shape index (κ3) is 5.37. The van der Waals surface area contributed by atoms with Crippen molar-refractivity contribution < 1.29 is 0 Å². The minimum atomic E-state index is 1.10. The number of hydrogen-bond donors (Lipinski definition) is 0. The Hall–Kier alpha value is -7.92. The van der Waals surface area contributed by atoms with Gasteiger partial charge in [-0.3, -0.25) is 0 Å². The molecule has 0 saturated heterocycles. The highest BCUT2D eigenvalue weighted by Gasteiger charge is 2.20. The number of para-hydroxylation sites is 3. The highest BCUT2D eigenvalue weighted by Crippen LogP contribution is 2.44. The van der Waals surface area contributed by atoms with E-state index in [2.05, 4.69) is 238 Å². The van der Waals surface area contributed by atoms with Gasteiger partial charge < -0.3 is 14.0 Å². The quantitative estimate of drug-likeness (QED) is 0.163. The molecule has 290 valence electrons. The largest absolute Gasteiger partial charge is 0.310 e. The number of rotatable bonds is 6. The molecule has 0 aliphatic rings. The number of aromatic nitrogens is 2. The molecule has 3 aromatic heterocycles. The molecule has 0 fully saturated rings. The summed E-state index contributed by atoms with van der Waals surface area (Å²) in [4.78, 5) is 2.40. The van der Waals surface area contributed by atoms with Gasteiger partial charge in [0.25, 0.3) is 0 Å². The maximum Gasteiger partial charge on any atom is 0.0547 e. The molecule has 4 heteroatoms. The maximum absolute atomic E-state index is 2.43. The van der Waals surface area contributed by atoms with E-state index in [0.717, 1.165) is 28.4 Å². The first-order chi connectivity index (χ1) is 30.7. The fourth-order valence-electron chi connectivity index (χ4n) is 9.90. The van der Waals surface area contributed by atoms with Crippen LogP contribution in [0.2, 0.25) is 0 Å². The second-order valence-electron chi connectivity index (χ2n) is 16.1. The van der Waals surface area contributed by atoms with Crippen molar-refractivity contribution in [1.82, 2.24) is 9.13 Å². The second kappa shape index (κ2) is 13.8. The van der Waals surface area contributed by atoms with Crippen LogP contribution in [0.1, 0.15) is 0 Å². The number of anilines is 3. The summed E-state index contributed by atoms with van der Waals surface area (Å²) < 4.78 is 7.45. The molecular weight excluding hydrogens is 771 g/mol. The van der Waals surface area contributed by atoms with Crippen LogP contribution in [0, 0.1) is 0 Å². The summed E-state index contributed by atoms with van der Waals surface area (Å²) in [5, 5.41) is 10.0. The zero-order chi connectivity index (χ0) is 40.7. The Balaban J connectivity index is 0.970. The molecule has 0 atom stereocenters. The molecular formula is C58H37N3S. The highest BCUT2D eigenvalue weighted by molar-refractivity contribution is 7.25. The van der Waals surface area contributed by atoms with Gasteiger partial charge in [0.1, 0.15) is 0 Å². The van der Waals surface area contributed by atoms with E-state index in [9.17, 15) is 0 Å². The molecule has 0 saturated carbocycles. The summed E-state index contributed by atoms with van der Waals surface area (Å²) >= 11 is 1.86. The average Bonchev–Trinajstić information content (AvgIpc) is 3.99. The monoisotopic (exact) mass is 807 g/mol. The Bertz CT molecular complexity index is 3870. The fourth-order valence-corrected chi connectivity index (χ4v) is 11.0. The molecule has 13 aromatic rings. The fraction of sp³-hybridized carbons (Fsp3) is 0. The van der Waals surface area contributed by atoms with Gasteiger partial charge in [0.15, 0.2) is 0 Å². The third-order valence-electron chi connectivity index (χ3n) is 12.7. The van der Waals surface area contributed by atoms with Crippen molar-refractivity contribution in [2.45, 2.75) is 0 Å². The van der Waals surface area contributed by atoms with Gasteiger partial charge in [-0.25, -0.2) is 0 Å². The van der Waals surface area contributed by atoms with Gasteiger partial charge in [0.05, 0.1) is 22.1 Å². The summed E-state index contributed by atoms with van der Waals surface area (Å²) in [5.74, 6) is 0.